The lowest BCUT2D eigenvalue weighted by Crippen LogP contribution is -2.29. The topological polar surface area (TPSA) is 64.4 Å². The van der Waals surface area contributed by atoms with E-state index in [0.717, 1.165) is 6.07 Å². The Morgan fingerprint density at radius 2 is 2.14 bits per heavy atom. The van der Waals surface area contributed by atoms with Crippen LogP contribution in [0.2, 0.25) is 0 Å². The third-order valence-corrected chi connectivity index (χ3v) is 3.47. The molecular formula is C14H17F3N2O2. The average Bonchev–Trinajstić information content (AvgIpc) is 2.88. The van der Waals surface area contributed by atoms with Gasteiger partial charge in [-0.15, -0.1) is 0 Å². The Labute approximate surface area is 120 Å². The SMILES string of the molecule is Cc1ccc(NC(=O)C2CCC(CN)O2)cc1C(F)(F)F. The van der Waals surface area contributed by atoms with Crippen LogP contribution in [0.3, 0.4) is 0 Å². The number of hydrogen-bond donors (Lipinski definition) is 2. The van der Waals surface area contributed by atoms with E-state index in [1.165, 1.54) is 19.1 Å². The highest BCUT2D eigenvalue weighted by atomic mass is 19.4. The molecule has 1 amide bonds. The van der Waals surface area contributed by atoms with Gasteiger partial charge in [0.25, 0.3) is 5.91 Å². The van der Waals surface area contributed by atoms with Crippen LogP contribution in [-0.4, -0.2) is 24.7 Å². The van der Waals surface area contributed by atoms with Crippen LogP contribution >= 0.6 is 0 Å². The molecule has 116 valence electrons. The van der Waals surface area contributed by atoms with Crippen molar-refractivity contribution in [1.82, 2.24) is 0 Å². The highest BCUT2D eigenvalue weighted by molar-refractivity contribution is 5.94. The number of aryl methyl sites for hydroxylation is 1. The summed E-state index contributed by atoms with van der Waals surface area (Å²) in [4.78, 5) is 12.0. The lowest BCUT2D eigenvalue weighted by molar-refractivity contribution is -0.138. The predicted octanol–water partition coefficient (Wildman–Crippen LogP) is 2.46. The van der Waals surface area contributed by atoms with E-state index in [0.29, 0.717) is 19.4 Å². The van der Waals surface area contributed by atoms with Crippen molar-refractivity contribution in [3.8, 4) is 0 Å². The summed E-state index contributed by atoms with van der Waals surface area (Å²) in [6, 6.07) is 3.71. The molecule has 1 saturated heterocycles. The number of ether oxygens (including phenoxy) is 1. The molecule has 1 fully saturated rings. The second-order valence-corrected chi connectivity index (χ2v) is 5.08. The maximum atomic E-state index is 12.8. The van der Waals surface area contributed by atoms with Gasteiger partial charge in [0.1, 0.15) is 6.10 Å². The van der Waals surface area contributed by atoms with Crippen molar-refractivity contribution in [1.29, 1.82) is 0 Å². The predicted molar refractivity (Wildman–Crippen MR) is 71.8 cm³/mol. The van der Waals surface area contributed by atoms with Crippen molar-refractivity contribution in [2.75, 3.05) is 11.9 Å². The molecule has 4 nitrogen and oxygen atoms in total. The third kappa shape index (κ3) is 3.74. The molecule has 7 heteroatoms. The van der Waals surface area contributed by atoms with E-state index in [1.54, 1.807) is 0 Å². The Kier molecular flexibility index (Phi) is 4.53. The van der Waals surface area contributed by atoms with Crippen LogP contribution in [0, 0.1) is 6.92 Å². The molecule has 0 bridgehead atoms. The van der Waals surface area contributed by atoms with E-state index < -0.39 is 23.8 Å². The zero-order chi connectivity index (χ0) is 15.6. The minimum absolute atomic E-state index is 0.109. The van der Waals surface area contributed by atoms with Gasteiger partial charge in [-0.25, -0.2) is 0 Å². The van der Waals surface area contributed by atoms with E-state index in [4.69, 9.17) is 10.5 Å². The normalized spacial score (nSPS) is 22.3. The highest BCUT2D eigenvalue weighted by Crippen LogP contribution is 2.33. The van der Waals surface area contributed by atoms with E-state index in [9.17, 15) is 18.0 Å². The molecule has 1 aromatic carbocycles. The fraction of sp³-hybridized carbons (Fsp3) is 0.500. The Morgan fingerprint density at radius 1 is 1.43 bits per heavy atom. The largest absolute Gasteiger partial charge is 0.416 e. The lowest BCUT2D eigenvalue weighted by Gasteiger charge is -2.15. The molecule has 2 unspecified atom stereocenters. The first kappa shape index (κ1) is 15.8. The number of nitrogens with one attached hydrogen (secondary N) is 1. The molecule has 0 spiro atoms. The van der Waals surface area contributed by atoms with Crippen LogP contribution in [0.4, 0.5) is 18.9 Å². The number of amides is 1. The van der Waals surface area contributed by atoms with E-state index in [1.807, 2.05) is 0 Å². The minimum atomic E-state index is -4.45. The van der Waals surface area contributed by atoms with Crippen LogP contribution in [0.25, 0.3) is 0 Å². The molecule has 0 aliphatic carbocycles. The van der Waals surface area contributed by atoms with E-state index >= 15 is 0 Å². The van der Waals surface area contributed by atoms with Crippen LogP contribution in [0.1, 0.15) is 24.0 Å². The molecule has 2 atom stereocenters. The fourth-order valence-electron chi connectivity index (χ4n) is 2.30. The van der Waals surface area contributed by atoms with Crippen molar-refractivity contribution in [2.45, 2.75) is 38.1 Å². The summed E-state index contributed by atoms with van der Waals surface area (Å²) in [6.07, 6.45) is -4.07. The first-order chi connectivity index (χ1) is 9.81. The van der Waals surface area contributed by atoms with Crippen LogP contribution in [0.15, 0.2) is 18.2 Å². The summed E-state index contributed by atoms with van der Waals surface area (Å²) in [5, 5.41) is 2.46. The molecule has 1 aliphatic heterocycles. The summed E-state index contributed by atoms with van der Waals surface area (Å²) in [5.74, 6) is -0.442. The van der Waals surface area contributed by atoms with Gasteiger partial charge in [-0.1, -0.05) is 6.07 Å². The summed E-state index contributed by atoms with van der Waals surface area (Å²) in [5.41, 5.74) is 4.92. The fourth-order valence-corrected chi connectivity index (χ4v) is 2.30. The lowest BCUT2D eigenvalue weighted by atomic mass is 10.1. The van der Waals surface area contributed by atoms with E-state index in [-0.39, 0.29) is 17.4 Å². The number of benzene rings is 1. The van der Waals surface area contributed by atoms with Gasteiger partial charge in [0.05, 0.1) is 11.7 Å². The standard InChI is InChI=1S/C14H17F3N2O2/c1-8-2-3-9(6-11(8)14(15,16)17)19-13(20)12-5-4-10(7-18)21-12/h2-3,6,10,12H,4-5,7,18H2,1H3,(H,19,20). The van der Waals surface area contributed by atoms with Crippen molar-refractivity contribution in [2.24, 2.45) is 5.73 Å². The first-order valence-electron chi connectivity index (χ1n) is 6.65. The van der Waals surface area contributed by atoms with Crippen LogP contribution in [0.5, 0.6) is 0 Å². The molecule has 1 aromatic rings. The first-order valence-corrected chi connectivity index (χ1v) is 6.65. The van der Waals surface area contributed by atoms with Crippen molar-refractivity contribution < 1.29 is 22.7 Å². The molecule has 1 heterocycles. The maximum Gasteiger partial charge on any atom is 0.416 e. The number of nitrogens with two attached hydrogens (primary N) is 1. The van der Waals surface area contributed by atoms with Crippen molar-refractivity contribution in [3.05, 3.63) is 29.3 Å². The Balaban J connectivity index is 2.08. The number of halogens is 3. The molecule has 3 N–H and O–H groups in total. The quantitative estimate of drug-likeness (QED) is 0.901. The smallest absolute Gasteiger partial charge is 0.364 e. The summed E-state index contributed by atoms with van der Waals surface area (Å²) >= 11 is 0. The van der Waals surface area contributed by atoms with Crippen molar-refractivity contribution >= 4 is 11.6 Å². The number of carbonyl (C=O) groups excluding carboxylic acids is 1. The summed E-state index contributed by atoms with van der Waals surface area (Å²) in [7, 11) is 0. The summed E-state index contributed by atoms with van der Waals surface area (Å²) in [6.45, 7) is 1.70. The second-order valence-electron chi connectivity index (χ2n) is 5.08. The average molecular weight is 302 g/mol. The Hall–Kier alpha value is -1.60. The third-order valence-electron chi connectivity index (χ3n) is 3.47. The molecule has 0 saturated carbocycles. The van der Waals surface area contributed by atoms with Crippen LogP contribution in [-0.2, 0) is 15.7 Å². The molecular weight excluding hydrogens is 285 g/mol. The molecule has 21 heavy (non-hydrogen) atoms. The maximum absolute atomic E-state index is 12.8. The molecule has 2 rings (SSSR count). The van der Waals surface area contributed by atoms with Gasteiger partial charge in [-0.3, -0.25) is 4.79 Å². The zero-order valence-corrected chi connectivity index (χ0v) is 11.5. The minimum Gasteiger partial charge on any atom is -0.364 e. The highest BCUT2D eigenvalue weighted by Gasteiger charge is 2.33. The van der Waals surface area contributed by atoms with Gasteiger partial charge in [-0.05, 0) is 37.5 Å². The number of hydrogen-bond acceptors (Lipinski definition) is 3. The number of alkyl halides is 3. The molecule has 0 aromatic heterocycles. The molecule has 1 aliphatic rings. The van der Waals surface area contributed by atoms with Gasteiger partial charge in [0.2, 0.25) is 0 Å². The number of carbonyl (C=O) groups is 1. The number of rotatable bonds is 3. The van der Waals surface area contributed by atoms with Gasteiger partial charge >= 0.3 is 6.18 Å². The van der Waals surface area contributed by atoms with Gasteiger partial charge in [0.15, 0.2) is 0 Å². The monoisotopic (exact) mass is 302 g/mol. The van der Waals surface area contributed by atoms with Crippen LogP contribution < -0.4 is 11.1 Å². The van der Waals surface area contributed by atoms with Gasteiger partial charge in [-0.2, -0.15) is 13.2 Å². The Bertz CT molecular complexity index is 531. The molecule has 0 radical (unpaired) electrons. The zero-order valence-electron chi connectivity index (χ0n) is 11.5. The van der Waals surface area contributed by atoms with Gasteiger partial charge < -0.3 is 15.8 Å². The second kappa shape index (κ2) is 6.03. The summed E-state index contributed by atoms with van der Waals surface area (Å²) < 4.78 is 43.8. The van der Waals surface area contributed by atoms with Gasteiger partial charge in [0, 0.05) is 12.2 Å². The van der Waals surface area contributed by atoms with Crippen molar-refractivity contribution in [3.63, 3.8) is 0 Å². The van der Waals surface area contributed by atoms with E-state index in [2.05, 4.69) is 5.32 Å². The Morgan fingerprint density at radius 3 is 2.71 bits per heavy atom. The number of anilines is 1.